The van der Waals surface area contributed by atoms with Gasteiger partial charge in [0.05, 0.1) is 0 Å². The van der Waals surface area contributed by atoms with E-state index in [4.69, 9.17) is 5.73 Å². The molecule has 4 nitrogen and oxygen atoms in total. The Hall–Kier alpha value is -1.04. The van der Waals surface area contributed by atoms with Gasteiger partial charge in [0.2, 0.25) is 0 Å². The topological polar surface area (TPSA) is 56.7 Å². The van der Waals surface area contributed by atoms with E-state index >= 15 is 0 Å². The van der Waals surface area contributed by atoms with E-state index in [-0.39, 0.29) is 17.9 Å². The zero-order valence-electron chi connectivity index (χ0n) is 8.08. The molecule has 0 aliphatic carbocycles. The third kappa shape index (κ3) is 2.25. The Kier molecular flexibility index (Phi) is 3.94. The predicted octanol–water partition coefficient (Wildman–Crippen LogP) is 1.47. The van der Waals surface area contributed by atoms with Crippen LogP contribution in [-0.2, 0) is 13.1 Å². The second-order valence-electron chi connectivity index (χ2n) is 3.00. The number of aromatic nitrogens is 3. The van der Waals surface area contributed by atoms with Gasteiger partial charge in [-0.25, -0.2) is 13.5 Å². The van der Waals surface area contributed by atoms with E-state index in [9.17, 15) is 8.78 Å². The third-order valence-electron chi connectivity index (χ3n) is 1.97. The van der Waals surface area contributed by atoms with E-state index in [1.54, 1.807) is 0 Å². The number of aryl methyl sites for hydroxylation is 1. The maximum Gasteiger partial charge on any atom is 0.281 e. The molecule has 1 aromatic rings. The fourth-order valence-electron chi connectivity index (χ4n) is 1.21. The van der Waals surface area contributed by atoms with Gasteiger partial charge in [0.1, 0.15) is 11.4 Å². The van der Waals surface area contributed by atoms with Crippen LogP contribution in [0, 0.1) is 0 Å². The van der Waals surface area contributed by atoms with Crippen LogP contribution in [0.2, 0.25) is 0 Å². The first-order chi connectivity index (χ1) is 6.70. The number of hydrogen-bond acceptors (Lipinski definition) is 3. The molecule has 0 bridgehead atoms. The van der Waals surface area contributed by atoms with Crippen molar-refractivity contribution in [3.8, 4) is 0 Å². The third-order valence-corrected chi connectivity index (χ3v) is 1.97. The van der Waals surface area contributed by atoms with E-state index in [1.165, 1.54) is 4.68 Å². The molecule has 14 heavy (non-hydrogen) atoms. The molecule has 0 amide bonds. The van der Waals surface area contributed by atoms with Gasteiger partial charge in [0, 0.05) is 13.1 Å². The van der Waals surface area contributed by atoms with Crippen LogP contribution in [0.3, 0.4) is 0 Å². The molecule has 1 aromatic heterocycles. The molecule has 80 valence electrons. The first kappa shape index (κ1) is 11.0. The van der Waals surface area contributed by atoms with Crippen molar-refractivity contribution in [3.63, 3.8) is 0 Å². The van der Waals surface area contributed by atoms with Crippen LogP contribution in [0.15, 0.2) is 0 Å². The predicted molar refractivity (Wildman–Crippen MR) is 47.8 cm³/mol. The Balaban J connectivity index is 2.87. The van der Waals surface area contributed by atoms with Gasteiger partial charge in [-0.1, -0.05) is 18.6 Å². The first-order valence-corrected chi connectivity index (χ1v) is 4.61. The minimum absolute atomic E-state index is 0.00575. The van der Waals surface area contributed by atoms with Gasteiger partial charge in [0.15, 0.2) is 0 Å². The molecule has 0 unspecified atom stereocenters. The lowest BCUT2D eigenvalue weighted by atomic mass is 10.3. The summed E-state index contributed by atoms with van der Waals surface area (Å²) in [4.78, 5) is 0. The van der Waals surface area contributed by atoms with Crippen LogP contribution in [-0.4, -0.2) is 15.0 Å². The summed E-state index contributed by atoms with van der Waals surface area (Å²) in [5, 5.41) is 7.27. The normalized spacial score (nSPS) is 11.2. The fourth-order valence-corrected chi connectivity index (χ4v) is 1.21. The number of unbranched alkanes of at least 4 members (excludes halogenated alkanes) is 1. The molecule has 0 spiro atoms. The maximum atomic E-state index is 12.6. The Bertz CT molecular complexity index is 285. The number of alkyl halides is 2. The lowest BCUT2D eigenvalue weighted by Gasteiger charge is -2.05. The van der Waals surface area contributed by atoms with Crippen molar-refractivity contribution >= 4 is 0 Å². The highest BCUT2D eigenvalue weighted by Gasteiger charge is 2.20. The van der Waals surface area contributed by atoms with Crippen LogP contribution in [0.5, 0.6) is 0 Å². The number of halogens is 2. The average molecular weight is 204 g/mol. The minimum Gasteiger partial charge on any atom is -0.325 e. The lowest BCUT2D eigenvalue weighted by molar-refractivity contribution is 0.137. The number of nitrogens with two attached hydrogens (primary N) is 1. The van der Waals surface area contributed by atoms with Gasteiger partial charge >= 0.3 is 0 Å². The lowest BCUT2D eigenvalue weighted by Crippen LogP contribution is -2.08. The maximum absolute atomic E-state index is 12.6. The van der Waals surface area contributed by atoms with Gasteiger partial charge in [-0.15, -0.1) is 5.10 Å². The smallest absolute Gasteiger partial charge is 0.281 e. The quantitative estimate of drug-likeness (QED) is 0.790. The molecule has 1 heterocycles. The number of hydrogen-bond donors (Lipinski definition) is 1. The molecule has 0 saturated carbocycles. The fraction of sp³-hybridized carbons (Fsp3) is 0.750. The summed E-state index contributed by atoms with van der Waals surface area (Å²) in [7, 11) is 0. The molecule has 2 N–H and O–H groups in total. The van der Waals surface area contributed by atoms with Crippen molar-refractivity contribution < 1.29 is 8.78 Å². The van der Waals surface area contributed by atoms with Gasteiger partial charge in [0.25, 0.3) is 6.43 Å². The zero-order chi connectivity index (χ0) is 10.6. The second kappa shape index (κ2) is 4.99. The van der Waals surface area contributed by atoms with Crippen molar-refractivity contribution in [1.82, 2.24) is 15.0 Å². The Morgan fingerprint density at radius 1 is 1.50 bits per heavy atom. The highest BCUT2D eigenvalue weighted by atomic mass is 19.3. The van der Waals surface area contributed by atoms with Crippen LogP contribution >= 0.6 is 0 Å². The Labute approximate surface area is 81.1 Å². The van der Waals surface area contributed by atoms with Crippen LogP contribution < -0.4 is 5.73 Å². The van der Waals surface area contributed by atoms with Gasteiger partial charge in [-0.2, -0.15) is 0 Å². The summed E-state index contributed by atoms with van der Waals surface area (Å²) in [6.07, 6.45) is -0.812. The summed E-state index contributed by atoms with van der Waals surface area (Å²) < 4.78 is 26.4. The van der Waals surface area contributed by atoms with E-state index in [1.807, 2.05) is 6.92 Å². The summed E-state index contributed by atoms with van der Waals surface area (Å²) in [5.41, 5.74) is 5.33. The first-order valence-electron chi connectivity index (χ1n) is 4.61. The van der Waals surface area contributed by atoms with E-state index in [0.717, 1.165) is 12.8 Å². The second-order valence-corrected chi connectivity index (χ2v) is 3.00. The highest BCUT2D eigenvalue weighted by Crippen LogP contribution is 2.21. The molecule has 0 aliphatic rings. The molecule has 6 heteroatoms. The van der Waals surface area contributed by atoms with E-state index in [2.05, 4.69) is 10.3 Å². The summed E-state index contributed by atoms with van der Waals surface area (Å²) in [6.45, 7) is 2.47. The standard InChI is InChI=1S/C8H14F2N4/c1-2-3-4-14-7(8(9)10)6(5-11)12-13-14/h8H,2-5,11H2,1H3. The SMILES string of the molecule is CCCCn1nnc(CN)c1C(F)F. The van der Waals surface area contributed by atoms with Crippen molar-refractivity contribution in [3.05, 3.63) is 11.4 Å². The van der Waals surface area contributed by atoms with Crippen molar-refractivity contribution in [2.75, 3.05) is 0 Å². The van der Waals surface area contributed by atoms with Crippen LogP contribution in [0.1, 0.15) is 37.6 Å². The monoisotopic (exact) mass is 204 g/mol. The van der Waals surface area contributed by atoms with Crippen molar-refractivity contribution in [1.29, 1.82) is 0 Å². The number of nitrogens with zero attached hydrogens (tertiary/aromatic N) is 3. The Morgan fingerprint density at radius 3 is 2.71 bits per heavy atom. The summed E-state index contributed by atoms with van der Waals surface area (Å²) >= 11 is 0. The van der Waals surface area contributed by atoms with Gasteiger partial charge in [-0.05, 0) is 6.42 Å². The molecular weight excluding hydrogens is 190 g/mol. The molecule has 1 rings (SSSR count). The largest absolute Gasteiger partial charge is 0.325 e. The van der Waals surface area contributed by atoms with Gasteiger partial charge in [-0.3, -0.25) is 0 Å². The molecular formula is C8H14F2N4. The van der Waals surface area contributed by atoms with Crippen molar-refractivity contribution in [2.45, 2.75) is 39.3 Å². The van der Waals surface area contributed by atoms with Crippen LogP contribution in [0.4, 0.5) is 8.78 Å². The molecule has 0 aromatic carbocycles. The van der Waals surface area contributed by atoms with Gasteiger partial charge < -0.3 is 5.73 Å². The Morgan fingerprint density at radius 2 is 2.21 bits per heavy atom. The molecule has 0 fully saturated rings. The molecule has 0 radical (unpaired) electrons. The van der Waals surface area contributed by atoms with E-state index < -0.39 is 6.43 Å². The zero-order valence-corrected chi connectivity index (χ0v) is 8.08. The molecule has 0 saturated heterocycles. The van der Waals surface area contributed by atoms with Crippen molar-refractivity contribution in [2.24, 2.45) is 5.73 Å². The summed E-state index contributed by atoms with van der Waals surface area (Å²) in [5.74, 6) is 0. The molecule has 0 aliphatic heterocycles. The highest BCUT2D eigenvalue weighted by molar-refractivity contribution is 5.11. The minimum atomic E-state index is -2.56. The summed E-state index contributed by atoms with van der Waals surface area (Å²) in [6, 6.07) is 0. The molecule has 0 atom stereocenters. The van der Waals surface area contributed by atoms with Crippen LogP contribution in [0.25, 0.3) is 0 Å². The average Bonchev–Trinajstić information content (AvgIpc) is 2.57. The number of rotatable bonds is 5. The van der Waals surface area contributed by atoms with E-state index in [0.29, 0.717) is 6.54 Å².